The van der Waals surface area contributed by atoms with Gasteiger partial charge in [-0.15, -0.1) is 0 Å². The lowest BCUT2D eigenvalue weighted by Crippen LogP contribution is -2.37. The SMILES string of the molecule is NC(=O)C(N)CCn1cc(C2CC2)cn1. The van der Waals surface area contributed by atoms with Gasteiger partial charge >= 0.3 is 0 Å². The maximum Gasteiger partial charge on any atom is 0.234 e. The van der Waals surface area contributed by atoms with Gasteiger partial charge < -0.3 is 11.5 Å². The maximum absolute atomic E-state index is 10.7. The Kier molecular flexibility index (Phi) is 2.73. The lowest BCUT2D eigenvalue weighted by atomic mass is 10.2. The number of carbonyl (C=O) groups is 1. The lowest BCUT2D eigenvalue weighted by Gasteiger charge is -2.06. The van der Waals surface area contributed by atoms with Crippen LogP contribution >= 0.6 is 0 Å². The zero-order valence-electron chi connectivity index (χ0n) is 8.60. The van der Waals surface area contributed by atoms with E-state index >= 15 is 0 Å². The fourth-order valence-electron chi connectivity index (χ4n) is 1.54. The highest BCUT2D eigenvalue weighted by molar-refractivity contribution is 5.79. The fraction of sp³-hybridized carbons (Fsp3) is 0.600. The normalized spacial score (nSPS) is 17.7. The average Bonchev–Trinajstić information content (AvgIpc) is 2.95. The van der Waals surface area contributed by atoms with Gasteiger partial charge in [-0.2, -0.15) is 5.10 Å². The van der Waals surface area contributed by atoms with Crippen LogP contribution in [0.2, 0.25) is 0 Å². The van der Waals surface area contributed by atoms with Gasteiger partial charge in [-0.05, 0) is 30.7 Å². The Labute approximate surface area is 88.4 Å². The lowest BCUT2D eigenvalue weighted by molar-refractivity contribution is -0.119. The Morgan fingerprint density at radius 1 is 1.67 bits per heavy atom. The number of hydrogen-bond acceptors (Lipinski definition) is 3. The highest BCUT2D eigenvalue weighted by atomic mass is 16.1. The monoisotopic (exact) mass is 208 g/mol. The number of carbonyl (C=O) groups excluding carboxylic acids is 1. The molecule has 4 N–H and O–H groups in total. The molecule has 5 nitrogen and oxygen atoms in total. The first-order valence-corrected chi connectivity index (χ1v) is 5.24. The molecule has 1 heterocycles. The van der Waals surface area contributed by atoms with Gasteiger partial charge in [-0.1, -0.05) is 0 Å². The quantitative estimate of drug-likeness (QED) is 0.712. The third kappa shape index (κ3) is 2.56. The molecule has 1 saturated carbocycles. The van der Waals surface area contributed by atoms with Crippen molar-refractivity contribution in [2.24, 2.45) is 11.5 Å². The third-order valence-electron chi connectivity index (χ3n) is 2.74. The highest BCUT2D eigenvalue weighted by Crippen LogP contribution is 2.39. The number of aromatic nitrogens is 2. The van der Waals surface area contributed by atoms with Crippen molar-refractivity contribution in [3.8, 4) is 0 Å². The summed E-state index contributed by atoms with van der Waals surface area (Å²) in [5, 5.41) is 4.22. The highest BCUT2D eigenvalue weighted by Gasteiger charge is 2.24. The summed E-state index contributed by atoms with van der Waals surface area (Å²) in [4.78, 5) is 10.7. The summed E-state index contributed by atoms with van der Waals surface area (Å²) >= 11 is 0. The number of rotatable bonds is 5. The predicted octanol–water partition coefficient (Wildman–Crippen LogP) is -0.0368. The van der Waals surface area contributed by atoms with E-state index < -0.39 is 11.9 Å². The van der Waals surface area contributed by atoms with Gasteiger partial charge in [-0.3, -0.25) is 9.48 Å². The first-order chi connectivity index (χ1) is 7.16. The van der Waals surface area contributed by atoms with E-state index in [9.17, 15) is 4.79 Å². The molecule has 0 bridgehead atoms. The molecule has 1 amide bonds. The van der Waals surface area contributed by atoms with Crippen molar-refractivity contribution in [1.29, 1.82) is 0 Å². The fourth-order valence-corrected chi connectivity index (χ4v) is 1.54. The molecule has 1 fully saturated rings. The van der Waals surface area contributed by atoms with Gasteiger partial charge in [0.15, 0.2) is 0 Å². The average molecular weight is 208 g/mol. The molecule has 1 atom stereocenters. The van der Waals surface area contributed by atoms with Gasteiger partial charge in [-0.25, -0.2) is 0 Å². The van der Waals surface area contributed by atoms with E-state index in [4.69, 9.17) is 11.5 Å². The second-order valence-corrected chi connectivity index (χ2v) is 4.11. The molecule has 5 heteroatoms. The van der Waals surface area contributed by atoms with Crippen LogP contribution in [0.5, 0.6) is 0 Å². The molecule has 1 aliphatic carbocycles. The summed E-state index contributed by atoms with van der Waals surface area (Å²) in [5.41, 5.74) is 11.9. The Morgan fingerprint density at radius 2 is 2.40 bits per heavy atom. The van der Waals surface area contributed by atoms with Crippen molar-refractivity contribution in [3.63, 3.8) is 0 Å². The number of amides is 1. The van der Waals surface area contributed by atoms with E-state index in [1.807, 2.05) is 17.1 Å². The van der Waals surface area contributed by atoms with Crippen LogP contribution in [0.25, 0.3) is 0 Å². The number of nitrogens with two attached hydrogens (primary N) is 2. The van der Waals surface area contributed by atoms with Crippen molar-refractivity contribution < 1.29 is 4.79 Å². The Morgan fingerprint density at radius 3 is 3.00 bits per heavy atom. The largest absolute Gasteiger partial charge is 0.368 e. The van der Waals surface area contributed by atoms with E-state index in [0.717, 1.165) is 0 Å². The maximum atomic E-state index is 10.7. The van der Waals surface area contributed by atoms with Gasteiger partial charge in [0.2, 0.25) is 5.91 Å². The van der Waals surface area contributed by atoms with Crippen molar-refractivity contribution in [2.75, 3.05) is 0 Å². The van der Waals surface area contributed by atoms with E-state index in [-0.39, 0.29) is 0 Å². The molecule has 0 radical (unpaired) electrons. The van der Waals surface area contributed by atoms with Crippen molar-refractivity contribution in [2.45, 2.75) is 37.8 Å². The number of aryl methyl sites for hydroxylation is 1. The van der Waals surface area contributed by atoms with Crippen LogP contribution in [-0.4, -0.2) is 21.7 Å². The molecule has 0 aromatic carbocycles. The molecule has 1 aromatic heterocycles. The van der Waals surface area contributed by atoms with E-state index in [1.54, 1.807) is 0 Å². The molecule has 0 aliphatic heterocycles. The Balaban J connectivity index is 1.85. The smallest absolute Gasteiger partial charge is 0.234 e. The number of hydrogen-bond donors (Lipinski definition) is 2. The molecule has 1 aliphatic rings. The molecule has 0 spiro atoms. The topological polar surface area (TPSA) is 86.9 Å². The van der Waals surface area contributed by atoms with Crippen LogP contribution in [0.1, 0.15) is 30.7 Å². The summed E-state index contributed by atoms with van der Waals surface area (Å²) in [5.74, 6) is 0.258. The molecule has 1 aromatic rings. The molecular weight excluding hydrogens is 192 g/mol. The zero-order chi connectivity index (χ0) is 10.8. The number of nitrogens with zero attached hydrogens (tertiary/aromatic N) is 2. The Hall–Kier alpha value is -1.36. The van der Waals surface area contributed by atoms with Gasteiger partial charge in [0.1, 0.15) is 0 Å². The van der Waals surface area contributed by atoms with Crippen molar-refractivity contribution in [1.82, 2.24) is 9.78 Å². The van der Waals surface area contributed by atoms with Crippen LogP contribution in [-0.2, 0) is 11.3 Å². The Bertz CT molecular complexity index is 356. The predicted molar refractivity (Wildman–Crippen MR) is 56.0 cm³/mol. The summed E-state index contributed by atoms with van der Waals surface area (Å²) in [6.45, 7) is 0.650. The van der Waals surface area contributed by atoms with E-state index in [2.05, 4.69) is 5.10 Å². The van der Waals surface area contributed by atoms with E-state index in [1.165, 1.54) is 18.4 Å². The summed E-state index contributed by atoms with van der Waals surface area (Å²) < 4.78 is 1.83. The molecule has 82 valence electrons. The van der Waals surface area contributed by atoms with Gasteiger partial charge in [0, 0.05) is 12.7 Å². The third-order valence-corrected chi connectivity index (χ3v) is 2.74. The molecule has 15 heavy (non-hydrogen) atoms. The van der Waals surface area contributed by atoms with Crippen molar-refractivity contribution >= 4 is 5.91 Å². The van der Waals surface area contributed by atoms with Crippen LogP contribution < -0.4 is 11.5 Å². The molecule has 2 rings (SSSR count). The van der Waals surface area contributed by atoms with Crippen molar-refractivity contribution in [3.05, 3.63) is 18.0 Å². The van der Waals surface area contributed by atoms with E-state index in [0.29, 0.717) is 18.9 Å². The first-order valence-electron chi connectivity index (χ1n) is 5.24. The van der Waals surface area contributed by atoms with Gasteiger partial charge in [0.25, 0.3) is 0 Å². The standard InChI is InChI=1S/C10H16N4O/c11-9(10(12)15)3-4-14-6-8(5-13-14)7-1-2-7/h5-7,9H,1-4,11H2,(H2,12,15). The molecular formula is C10H16N4O. The number of primary amides is 1. The summed E-state index contributed by atoms with van der Waals surface area (Å²) in [7, 11) is 0. The molecule has 1 unspecified atom stereocenters. The second-order valence-electron chi connectivity index (χ2n) is 4.11. The van der Waals surface area contributed by atoms with Crippen LogP contribution in [0.4, 0.5) is 0 Å². The minimum atomic E-state index is -0.571. The van der Waals surface area contributed by atoms with Crippen LogP contribution in [0.15, 0.2) is 12.4 Å². The summed E-state index contributed by atoms with van der Waals surface area (Å²) in [6.07, 6.45) is 7.01. The second kappa shape index (κ2) is 4.02. The van der Waals surface area contributed by atoms with Crippen LogP contribution in [0.3, 0.4) is 0 Å². The van der Waals surface area contributed by atoms with Crippen LogP contribution in [0, 0.1) is 0 Å². The van der Waals surface area contributed by atoms with Gasteiger partial charge in [0.05, 0.1) is 12.2 Å². The first kappa shape index (κ1) is 10.2. The minimum Gasteiger partial charge on any atom is -0.368 e. The zero-order valence-corrected chi connectivity index (χ0v) is 8.60. The molecule has 0 saturated heterocycles. The minimum absolute atomic E-state index is 0.454. The summed E-state index contributed by atoms with van der Waals surface area (Å²) in [6, 6.07) is -0.571.